The SMILES string of the molecule is C[C@@H]1CCc2sc3ncnc(N4CCN(C)CC4)c3c2C1. The Kier molecular flexibility index (Phi) is 3.34. The van der Waals surface area contributed by atoms with Crippen LogP contribution in [0.4, 0.5) is 5.82 Å². The van der Waals surface area contributed by atoms with E-state index < -0.39 is 0 Å². The van der Waals surface area contributed by atoms with Gasteiger partial charge in [-0.3, -0.25) is 0 Å². The van der Waals surface area contributed by atoms with Gasteiger partial charge in [0.2, 0.25) is 0 Å². The maximum Gasteiger partial charge on any atom is 0.141 e. The van der Waals surface area contributed by atoms with E-state index in [-0.39, 0.29) is 0 Å². The average molecular weight is 302 g/mol. The van der Waals surface area contributed by atoms with E-state index in [1.54, 1.807) is 16.8 Å². The van der Waals surface area contributed by atoms with E-state index in [9.17, 15) is 0 Å². The van der Waals surface area contributed by atoms with Crippen LogP contribution in [0.25, 0.3) is 10.2 Å². The average Bonchev–Trinajstić information content (AvgIpc) is 2.86. The number of aromatic nitrogens is 2. The van der Waals surface area contributed by atoms with Crippen LogP contribution in [0.3, 0.4) is 0 Å². The zero-order valence-electron chi connectivity index (χ0n) is 12.8. The van der Waals surface area contributed by atoms with Crippen molar-refractivity contribution in [3.63, 3.8) is 0 Å². The van der Waals surface area contributed by atoms with E-state index >= 15 is 0 Å². The number of fused-ring (bicyclic) bond motifs is 3. The quantitative estimate of drug-likeness (QED) is 0.810. The van der Waals surface area contributed by atoms with Crippen molar-refractivity contribution >= 4 is 27.4 Å². The van der Waals surface area contributed by atoms with Gasteiger partial charge in [-0.05, 0) is 37.8 Å². The van der Waals surface area contributed by atoms with Gasteiger partial charge in [-0.15, -0.1) is 11.3 Å². The lowest BCUT2D eigenvalue weighted by Gasteiger charge is -2.33. The van der Waals surface area contributed by atoms with Crippen molar-refractivity contribution in [3.8, 4) is 0 Å². The molecule has 1 aliphatic heterocycles. The minimum absolute atomic E-state index is 0.788. The molecule has 2 aliphatic rings. The molecule has 2 aromatic rings. The van der Waals surface area contributed by atoms with E-state index in [1.165, 1.54) is 35.3 Å². The van der Waals surface area contributed by atoms with Crippen molar-refractivity contribution in [1.82, 2.24) is 14.9 Å². The van der Waals surface area contributed by atoms with Crippen LogP contribution >= 0.6 is 11.3 Å². The molecule has 2 aromatic heterocycles. The lowest BCUT2D eigenvalue weighted by molar-refractivity contribution is 0.312. The van der Waals surface area contributed by atoms with Crippen LogP contribution in [-0.4, -0.2) is 48.1 Å². The molecule has 0 bridgehead atoms. The van der Waals surface area contributed by atoms with Crippen molar-refractivity contribution in [3.05, 3.63) is 16.8 Å². The molecule has 112 valence electrons. The second-order valence-corrected chi connectivity index (χ2v) is 7.60. The Morgan fingerprint density at radius 2 is 2.00 bits per heavy atom. The second kappa shape index (κ2) is 5.21. The molecule has 1 fully saturated rings. The molecule has 0 N–H and O–H groups in total. The molecule has 21 heavy (non-hydrogen) atoms. The Balaban J connectivity index is 1.80. The summed E-state index contributed by atoms with van der Waals surface area (Å²) in [6.07, 6.45) is 5.49. The number of anilines is 1. The first-order chi connectivity index (χ1) is 10.2. The smallest absolute Gasteiger partial charge is 0.141 e. The van der Waals surface area contributed by atoms with Gasteiger partial charge in [-0.1, -0.05) is 6.92 Å². The maximum absolute atomic E-state index is 4.66. The summed E-state index contributed by atoms with van der Waals surface area (Å²) in [4.78, 5) is 16.8. The molecule has 1 atom stereocenters. The van der Waals surface area contributed by atoms with E-state index in [1.807, 2.05) is 11.3 Å². The van der Waals surface area contributed by atoms with Gasteiger partial charge in [0.25, 0.3) is 0 Å². The van der Waals surface area contributed by atoms with E-state index in [2.05, 4.69) is 33.7 Å². The molecule has 0 radical (unpaired) electrons. The number of hydrogen-bond donors (Lipinski definition) is 0. The van der Waals surface area contributed by atoms with Crippen LogP contribution in [0.15, 0.2) is 6.33 Å². The van der Waals surface area contributed by atoms with Crippen LogP contribution in [0.2, 0.25) is 0 Å². The van der Waals surface area contributed by atoms with Gasteiger partial charge in [0.05, 0.1) is 5.39 Å². The first kappa shape index (κ1) is 13.5. The number of thiophene rings is 1. The summed E-state index contributed by atoms with van der Waals surface area (Å²) in [5.41, 5.74) is 1.54. The second-order valence-electron chi connectivity index (χ2n) is 6.52. The van der Waals surface area contributed by atoms with Crippen molar-refractivity contribution in [2.45, 2.75) is 26.2 Å². The summed E-state index contributed by atoms with van der Waals surface area (Å²) >= 11 is 1.89. The van der Waals surface area contributed by atoms with Crippen LogP contribution in [0.1, 0.15) is 23.8 Å². The largest absolute Gasteiger partial charge is 0.353 e. The third-order valence-corrected chi connectivity index (χ3v) is 6.07. The molecular weight excluding hydrogens is 280 g/mol. The number of rotatable bonds is 1. The van der Waals surface area contributed by atoms with Gasteiger partial charge in [-0.25, -0.2) is 9.97 Å². The van der Waals surface area contributed by atoms with Crippen LogP contribution < -0.4 is 4.90 Å². The fourth-order valence-corrected chi connectivity index (χ4v) is 4.70. The summed E-state index contributed by atoms with van der Waals surface area (Å²) < 4.78 is 0. The molecule has 0 saturated carbocycles. The monoisotopic (exact) mass is 302 g/mol. The standard InChI is InChI=1S/C16H22N4S/c1-11-3-4-13-12(9-11)14-15(17-10-18-16(14)21-13)20-7-5-19(2)6-8-20/h10-11H,3-9H2,1-2H3/t11-/m1/s1. The van der Waals surface area contributed by atoms with Crippen LogP contribution in [0, 0.1) is 5.92 Å². The summed E-state index contributed by atoms with van der Waals surface area (Å²) in [5, 5.41) is 1.36. The minimum Gasteiger partial charge on any atom is -0.353 e. The molecule has 1 saturated heterocycles. The van der Waals surface area contributed by atoms with Gasteiger partial charge in [0.15, 0.2) is 0 Å². The minimum atomic E-state index is 0.788. The Morgan fingerprint density at radius 1 is 1.19 bits per heavy atom. The van der Waals surface area contributed by atoms with Crippen molar-refractivity contribution in [2.24, 2.45) is 5.92 Å². The molecule has 4 rings (SSSR count). The normalized spacial score (nSPS) is 23.5. The number of hydrogen-bond acceptors (Lipinski definition) is 5. The predicted octanol–water partition coefficient (Wildman–Crippen LogP) is 2.57. The number of aryl methyl sites for hydroxylation is 1. The highest BCUT2D eigenvalue weighted by Crippen LogP contribution is 2.40. The van der Waals surface area contributed by atoms with Crippen molar-refractivity contribution in [2.75, 3.05) is 38.1 Å². The fourth-order valence-electron chi connectivity index (χ4n) is 3.52. The molecule has 0 unspecified atom stereocenters. The fraction of sp³-hybridized carbons (Fsp3) is 0.625. The van der Waals surface area contributed by atoms with Crippen LogP contribution in [0.5, 0.6) is 0 Å². The molecule has 0 amide bonds. The Hall–Kier alpha value is -1.20. The van der Waals surface area contributed by atoms with Gasteiger partial charge >= 0.3 is 0 Å². The summed E-state index contributed by atoms with van der Waals surface area (Å²) in [6.45, 7) is 6.75. The molecule has 4 nitrogen and oxygen atoms in total. The number of likely N-dealkylation sites (N-methyl/N-ethyl adjacent to an activating group) is 1. The zero-order valence-corrected chi connectivity index (χ0v) is 13.6. The first-order valence-corrected chi connectivity index (χ1v) is 8.73. The number of piperazine rings is 1. The molecular formula is C16H22N4S. The summed E-state index contributed by atoms with van der Waals surface area (Å²) in [6, 6.07) is 0. The van der Waals surface area contributed by atoms with Crippen molar-refractivity contribution < 1.29 is 0 Å². The molecule has 5 heteroatoms. The van der Waals surface area contributed by atoms with E-state index in [4.69, 9.17) is 0 Å². The number of nitrogens with zero attached hydrogens (tertiary/aromatic N) is 4. The Bertz CT molecular complexity index is 658. The summed E-state index contributed by atoms with van der Waals surface area (Å²) in [5.74, 6) is 1.97. The highest BCUT2D eigenvalue weighted by molar-refractivity contribution is 7.19. The lowest BCUT2D eigenvalue weighted by atomic mass is 9.88. The molecule has 0 spiro atoms. The van der Waals surface area contributed by atoms with Gasteiger partial charge in [0.1, 0.15) is 17.0 Å². The maximum atomic E-state index is 4.66. The van der Waals surface area contributed by atoms with Crippen LogP contribution in [-0.2, 0) is 12.8 Å². The highest BCUT2D eigenvalue weighted by Gasteiger charge is 2.26. The Labute approximate surface area is 129 Å². The van der Waals surface area contributed by atoms with E-state index in [0.717, 1.165) is 32.1 Å². The highest BCUT2D eigenvalue weighted by atomic mass is 32.1. The third kappa shape index (κ3) is 2.32. The first-order valence-electron chi connectivity index (χ1n) is 7.91. The molecule has 3 heterocycles. The zero-order chi connectivity index (χ0) is 14.4. The molecule has 1 aliphatic carbocycles. The van der Waals surface area contributed by atoms with Gasteiger partial charge in [-0.2, -0.15) is 0 Å². The third-order valence-electron chi connectivity index (χ3n) is 4.87. The predicted molar refractivity (Wildman–Crippen MR) is 88.3 cm³/mol. The molecule has 0 aromatic carbocycles. The van der Waals surface area contributed by atoms with E-state index in [0.29, 0.717) is 0 Å². The van der Waals surface area contributed by atoms with Gasteiger partial charge in [0, 0.05) is 31.1 Å². The van der Waals surface area contributed by atoms with Gasteiger partial charge < -0.3 is 9.80 Å². The summed E-state index contributed by atoms with van der Waals surface area (Å²) in [7, 11) is 2.20. The Morgan fingerprint density at radius 3 is 2.81 bits per heavy atom. The van der Waals surface area contributed by atoms with Crippen molar-refractivity contribution in [1.29, 1.82) is 0 Å². The topological polar surface area (TPSA) is 32.3 Å². The lowest BCUT2D eigenvalue weighted by Crippen LogP contribution is -2.44.